The molecule has 2 aliphatic carbocycles. The SMILES string of the molecule is CC=Cc1ccc2c(c1C1NCC3=C1C(=O)C(n1nc(-c4ccc5ncsc5c4)c4c(N)ncnc41)C3=O)Cc1ccccc1-2. The number of thiazole rings is 1. The van der Waals surface area contributed by atoms with Crippen molar-refractivity contribution >= 4 is 56.0 Å². The monoisotopic (exact) mass is 607 g/mol. The van der Waals surface area contributed by atoms with E-state index in [0.29, 0.717) is 34.4 Å². The summed E-state index contributed by atoms with van der Waals surface area (Å²) in [5, 5.41) is 8.91. The second-order valence-electron chi connectivity index (χ2n) is 11.6. The number of nitrogens with one attached hydrogen (secondary N) is 1. The van der Waals surface area contributed by atoms with Crippen molar-refractivity contribution in [3.05, 3.63) is 106 Å². The molecule has 3 aromatic carbocycles. The highest BCUT2D eigenvalue weighted by molar-refractivity contribution is 7.16. The van der Waals surface area contributed by atoms with Gasteiger partial charge < -0.3 is 11.1 Å². The first-order valence-corrected chi connectivity index (χ1v) is 15.7. The Balaban J connectivity index is 1.17. The molecule has 0 amide bonds. The van der Waals surface area contributed by atoms with E-state index in [0.717, 1.165) is 33.3 Å². The minimum absolute atomic E-state index is 0.235. The van der Waals surface area contributed by atoms with E-state index in [2.05, 4.69) is 62.7 Å². The number of ketones is 2. The summed E-state index contributed by atoms with van der Waals surface area (Å²) in [5.74, 6) is -0.297. The fraction of sp³-hybridized carbons (Fsp3) is 0.143. The highest BCUT2D eigenvalue weighted by atomic mass is 32.1. The highest BCUT2D eigenvalue weighted by Crippen LogP contribution is 2.48. The Kier molecular flexibility index (Phi) is 5.56. The van der Waals surface area contributed by atoms with Gasteiger partial charge in [-0.05, 0) is 58.9 Å². The third-order valence-corrected chi connectivity index (χ3v) is 10.0. The Bertz CT molecular complexity index is 2350. The molecule has 0 radical (unpaired) electrons. The summed E-state index contributed by atoms with van der Waals surface area (Å²) in [4.78, 5) is 41.7. The van der Waals surface area contributed by atoms with Gasteiger partial charge in [-0.2, -0.15) is 5.10 Å². The maximum Gasteiger partial charge on any atom is 0.193 e. The van der Waals surface area contributed by atoms with E-state index in [9.17, 15) is 9.59 Å². The number of carbonyl (C=O) groups is 2. The summed E-state index contributed by atoms with van der Waals surface area (Å²) in [6, 6.07) is 16.9. The predicted molar refractivity (Wildman–Crippen MR) is 175 cm³/mol. The number of aromatic nitrogens is 5. The average Bonchev–Trinajstić information content (AvgIpc) is 3.87. The topological polar surface area (TPSA) is 129 Å². The van der Waals surface area contributed by atoms with E-state index >= 15 is 0 Å². The minimum Gasteiger partial charge on any atom is -0.383 e. The normalized spacial score (nSPS) is 19.0. The van der Waals surface area contributed by atoms with Crippen molar-refractivity contribution in [2.24, 2.45) is 0 Å². The predicted octanol–water partition coefficient (Wildman–Crippen LogP) is 5.62. The summed E-state index contributed by atoms with van der Waals surface area (Å²) in [6.45, 7) is 2.29. The molecule has 3 N–H and O–H groups in total. The van der Waals surface area contributed by atoms with Crippen LogP contribution < -0.4 is 11.1 Å². The van der Waals surface area contributed by atoms with Crippen molar-refractivity contribution in [3.8, 4) is 22.4 Å². The van der Waals surface area contributed by atoms with Crippen LogP contribution in [0.5, 0.6) is 0 Å². The van der Waals surface area contributed by atoms with Crippen molar-refractivity contribution in [2.75, 3.05) is 12.3 Å². The van der Waals surface area contributed by atoms with Gasteiger partial charge in [0.1, 0.15) is 17.8 Å². The van der Waals surface area contributed by atoms with Crippen LogP contribution in [-0.2, 0) is 16.0 Å². The van der Waals surface area contributed by atoms with Crippen LogP contribution >= 0.6 is 11.3 Å². The van der Waals surface area contributed by atoms with Gasteiger partial charge in [0.2, 0.25) is 0 Å². The molecule has 6 aromatic rings. The molecule has 9 nitrogen and oxygen atoms in total. The van der Waals surface area contributed by atoms with Crippen LogP contribution in [0.2, 0.25) is 0 Å². The molecule has 0 fully saturated rings. The van der Waals surface area contributed by atoms with Crippen LogP contribution in [0.15, 0.2) is 83.7 Å². The van der Waals surface area contributed by atoms with Crippen LogP contribution in [0, 0.1) is 0 Å². The Morgan fingerprint density at radius 3 is 2.80 bits per heavy atom. The molecule has 9 rings (SSSR count). The maximum absolute atomic E-state index is 14.5. The zero-order chi connectivity index (χ0) is 30.4. The number of fused-ring (bicyclic) bond motifs is 5. The first-order valence-electron chi connectivity index (χ1n) is 14.8. The van der Waals surface area contributed by atoms with E-state index in [4.69, 9.17) is 10.8 Å². The van der Waals surface area contributed by atoms with Crippen molar-refractivity contribution in [1.29, 1.82) is 0 Å². The van der Waals surface area contributed by atoms with Crippen LogP contribution in [-0.4, -0.2) is 42.8 Å². The van der Waals surface area contributed by atoms with Gasteiger partial charge in [-0.15, -0.1) is 11.3 Å². The Morgan fingerprint density at radius 2 is 1.91 bits per heavy atom. The number of rotatable bonds is 4. The van der Waals surface area contributed by atoms with Gasteiger partial charge in [0, 0.05) is 23.3 Å². The molecular weight excluding hydrogens is 582 g/mol. The second-order valence-corrected chi connectivity index (χ2v) is 12.4. The summed E-state index contributed by atoms with van der Waals surface area (Å²) >= 11 is 1.52. The van der Waals surface area contributed by atoms with E-state index in [-0.39, 0.29) is 17.4 Å². The number of Topliss-reactive ketones (excluding diaryl/α,β-unsaturated/α-hetero) is 2. The van der Waals surface area contributed by atoms with Crippen molar-refractivity contribution in [3.63, 3.8) is 0 Å². The fourth-order valence-corrected chi connectivity index (χ4v) is 8.00. The smallest absolute Gasteiger partial charge is 0.193 e. The number of nitrogens with two attached hydrogens (primary N) is 1. The van der Waals surface area contributed by atoms with E-state index in [1.165, 1.54) is 44.6 Å². The molecule has 3 aliphatic rings. The van der Waals surface area contributed by atoms with Crippen LogP contribution in [0.25, 0.3) is 49.7 Å². The third kappa shape index (κ3) is 3.63. The number of nitrogen functional groups attached to an aromatic ring is 1. The van der Waals surface area contributed by atoms with E-state index < -0.39 is 12.1 Å². The highest BCUT2D eigenvalue weighted by Gasteiger charge is 2.50. The van der Waals surface area contributed by atoms with Gasteiger partial charge >= 0.3 is 0 Å². The minimum atomic E-state index is -1.17. The molecule has 10 heteroatoms. The first kappa shape index (κ1) is 26.1. The number of benzene rings is 3. The summed E-state index contributed by atoms with van der Waals surface area (Å²) < 4.78 is 2.44. The zero-order valence-electron chi connectivity index (χ0n) is 24.1. The van der Waals surface area contributed by atoms with Gasteiger partial charge in [-0.1, -0.05) is 54.6 Å². The molecule has 1 aliphatic heterocycles. The second kappa shape index (κ2) is 9.59. The Labute approximate surface area is 261 Å². The average molecular weight is 608 g/mol. The molecule has 45 heavy (non-hydrogen) atoms. The third-order valence-electron chi connectivity index (χ3n) is 9.22. The standard InChI is InChI=1S/C35H25N7O2S/c1-2-5-17-8-10-21-20-7-4-3-6-18(20)12-22(21)26(17)30-27-23(14-37-30)32(43)31(33(27)44)42-35-28(34(36)38-15-39-35)29(41-42)19-9-11-24-25(13-19)45-16-40-24/h2-11,13,15-16,30-31,37H,12,14H2,1H3,(H2,36,38,39). The van der Waals surface area contributed by atoms with Gasteiger partial charge in [0.25, 0.3) is 0 Å². The number of nitrogens with zero attached hydrogens (tertiary/aromatic N) is 5. The molecule has 0 saturated carbocycles. The molecule has 218 valence electrons. The largest absolute Gasteiger partial charge is 0.383 e. The van der Waals surface area contributed by atoms with Crippen LogP contribution in [0.3, 0.4) is 0 Å². The number of allylic oxidation sites excluding steroid dienone is 1. The molecule has 2 atom stereocenters. The van der Waals surface area contributed by atoms with Gasteiger partial charge in [0.15, 0.2) is 23.3 Å². The number of hydrogen-bond acceptors (Lipinski definition) is 9. The van der Waals surface area contributed by atoms with Crippen molar-refractivity contribution in [2.45, 2.75) is 25.4 Å². The Morgan fingerprint density at radius 1 is 1.02 bits per heavy atom. The molecule has 0 saturated heterocycles. The van der Waals surface area contributed by atoms with Gasteiger partial charge in [0.05, 0.1) is 27.2 Å². The summed E-state index contributed by atoms with van der Waals surface area (Å²) in [5.41, 5.74) is 18.6. The van der Waals surface area contributed by atoms with Crippen molar-refractivity contribution < 1.29 is 9.59 Å². The van der Waals surface area contributed by atoms with Crippen LogP contribution in [0.1, 0.15) is 41.3 Å². The lowest BCUT2D eigenvalue weighted by Crippen LogP contribution is -2.31. The van der Waals surface area contributed by atoms with Gasteiger partial charge in [-0.25, -0.2) is 19.6 Å². The molecule has 4 heterocycles. The molecule has 0 spiro atoms. The van der Waals surface area contributed by atoms with E-state index in [1.54, 1.807) is 5.51 Å². The van der Waals surface area contributed by atoms with Crippen molar-refractivity contribution in [1.82, 2.24) is 30.0 Å². The quantitative estimate of drug-likeness (QED) is 0.247. The lowest BCUT2D eigenvalue weighted by atomic mass is 9.87. The number of carbonyl (C=O) groups excluding carboxylic acids is 2. The fourth-order valence-electron chi connectivity index (χ4n) is 7.29. The van der Waals surface area contributed by atoms with Gasteiger partial charge in [-0.3, -0.25) is 9.59 Å². The Hall–Kier alpha value is -5.32. The lowest BCUT2D eigenvalue weighted by Gasteiger charge is -2.22. The number of hydrogen-bond donors (Lipinski definition) is 2. The first-order chi connectivity index (χ1) is 22.0. The molecular formula is C35H25N7O2S. The zero-order valence-corrected chi connectivity index (χ0v) is 24.9. The summed E-state index contributed by atoms with van der Waals surface area (Å²) in [7, 11) is 0. The lowest BCUT2D eigenvalue weighted by molar-refractivity contribution is -0.126. The molecule has 0 bridgehead atoms. The molecule has 3 aromatic heterocycles. The maximum atomic E-state index is 14.5. The van der Waals surface area contributed by atoms with Crippen LogP contribution in [0.4, 0.5) is 5.82 Å². The van der Waals surface area contributed by atoms with E-state index in [1.807, 2.05) is 31.2 Å². The number of anilines is 1. The summed E-state index contributed by atoms with van der Waals surface area (Å²) in [6.07, 6.45) is 6.19. The molecule has 2 unspecified atom stereocenters.